The van der Waals surface area contributed by atoms with E-state index in [0.717, 1.165) is 0 Å². The first-order valence-corrected chi connectivity index (χ1v) is 3.55. The third-order valence-electron chi connectivity index (χ3n) is 2.72. The maximum absolute atomic E-state index is 10.7. The lowest BCUT2D eigenvalue weighted by Gasteiger charge is -2.10. The van der Waals surface area contributed by atoms with Crippen LogP contribution in [0.25, 0.3) is 0 Å². The zero-order chi connectivity index (χ0) is 7.35. The Balaban J connectivity index is 2.10. The van der Waals surface area contributed by atoms with Crippen LogP contribution in [0.15, 0.2) is 0 Å². The van der Waals surface area contributed by atoms with Gasteiger partial charge in [0.2, 0.25) is 0 Å². The Morgan fingerprint density at radius 3 is 2.90 bits per heavy atom. The first-order valence-electron chi connectivity index (χ1n) is 3.55. The van der Waals surface area contributed by atoms with Gasteiger partial charge in [-0.3, -0.25) is 0 Å². The molecule has 2 fully saturated rings. The van der Waals surface area contributed by atoms with Crippen LogP contribution in [-0.2, 0) is 4.74 Å². The molecule has 1 saturated carbocycles. The van der Waals surface area contributed by atoms with Crippen LogP contribution in [0.3, 0.4) is 0 Å². The number of ether oxygens (including phenoxy) is 1. The van der Waals surface area contributed by atoms with Gasteiger partial charge in [0.1, 0.15) is 0 Å². The third-order valence-corrected chi connectivity index (χ3v) is 2.72. The van der Waals surface area contributed by atoms with Crippen molar-refractivity contribution in [2.24, 2.45) is 11.3 Å². The molecular formula is C7H11NO2. The van der Waals surface area contributed by atoms with Crippen molar-refractivity contribution in [2.45, 2.75) is 19.9 Å². The molecule has 1 amide bonds. The van der Waals surface area contributed by atoms with Crippen LogP contribution in [0.1, 0.15) is 13.8 Å². The van der Waals surface area contributed by atoms with Crippen LogP contribution in [-0.4, -0.2) is 18.7 Å². The molecule has 1 heterocycles. The normalized spacial score (nSPS) is 41.2. The maximum Gasteiger partial charge on any atom is 0.407 e. The smallest absolute Gasteiger partial charge is 0.407 e. The van der Waals surface area contributed by atoms with Gasteiger partial charge in [-0.15, -0.1) is 0 Å². The van der Waals surface area contributed by atoms with E-state index in [0.29, 0.717) is 18.6 Å². The number of hydrogen-bond donors (Lipinski definition) is 1. The zero-order valence-corrected chi connectivity index (χ0v) is 6.18. The first kappa shape index (κ1) is 6.01. The minimum atomic E-state index is -0.258. The van der Waals surface area contributed by atoms with E-state index in [2.05, 4.69) is 19.2 Å². The standard InChI is InChI=1S/C7H11NO2/c1-7(2)4-3-10-6(9)8-5(4)7/h4-5H,3H2,1-2H3,(H,8,9)/t4-,5+/m1/s1. The predicted octanol–water partition coefficient (Wildman–Crippen LogP) is 0.751. The lowest BCUT2D eigenvalue weighted by molar-refractivity contribution is 0.125. The summed E-state index contributed by atoms with van der Waals surface area (Å²) in [6, 6.07) is 0.369. The highest BCUT2D eigenvalue weighted by Gasteiger charge is 2.61. The van der Waals surface area contributed by atoms with Gasteiger partial charge in [-0.05, 0) is 5.41 Å². The molecule has 2 rings (SSSR count). The molecule has 10 heavy (non-hydrogen) atoms. The van der Waals surface area contributed by atoms with Gasteiger partial charge in [0.15, 0.2) is 0 Å². The first-order chi connectivity index (χ1) is 4.62. The Labute approximate surface area is 59.7 Å². The monoisotopic (exact) mass is 141 g/mol. The molecular weight excluding hydrogens is 130 g/mol. The fraction of sp³-hybridized carbons (Fsp3) is 0.857. The van der Waals surface area contributed by atoms with Gasteiger partial charge in [0.05, 0.1) is 6.61 Å². The zero-order valence-electron chi connectivity index (χ0n) is 6.18. The summed E-state index contributed by atoms with van der Waals surface area (Å²) in [6.45, 7) is 4.90. The molecule has 1 aliphatic heterocycles. The average Bonchev–Trinajstić information content (AvgIpc) is 2.36. The molecule has 3 nitrogen and oxygen atoms in total. The van der Waals surface area contributed by atoms with Crippen molar-refractivity contribution < 1.29 is 9.53 Å². The molecule has 0 aromatic rings. The number of alkyl carbamates (subject to hydrolysis) is 1. The van der Waals surface area contributed by atoms with E-state index in [9.17, 15) is 4.79 Å². The van der Waals surface area contributed by atoms with Crippen LogP contribution in [0.5, 0.6) is 0 Å². The largest absolute Gasteiger partial charge is 0.449 e. The van der Waals surface area contributed by atoms with Crippen molar-refractivity contribution in [3.05, 3.63) is 0 Å². The Morgan fingerprint density at radius 1 is 1.70 bits per heavy atom. The highest BCUT2D eigenvalue weighted by Crippen LogP contribution is 2.53. The summed E-state index contributed by atoms with van der Waals surface area (Å²) in [7, 11) is 0. The van der Waals surface area contributed by atoms with E-state index in [1.165, 1.54) is 0 Å². The molecule has 1 aliphatic carbocycles. The molecule has 1 N–H and O–H groups in total. The SMILES string of the molecule is CC1(C)[C@@H]2COC(=O)N[C@@H]21. The van der Waals surface area contributed by atoms with Crippen LogP contribution >= 0.6 is 0 Å². The number of rotatable bonds is 0. The van der Waals surface area contributed by atoms with Crippen LogP contribution in [0.4, 0.5) is 4.79 Å². The molecule has 0 radical (unpaired) electrons. The molecule has 3 heteroatoms. The summed E-state index contributed by atoms with van der Waals surface area (Å²) >= 11 is 0. The number of carbonyl (C=O) groups is 1. The molecule has 0 unspecified atom stereocenters. The third kappa shape index (κ3) is 0.576. The number of fused-ring (bicyclic) bond motifs is 1. The summed E-state index contributed by atoms with van der Waals surface area (Å²) in [4.78, 5) is 10.7. The minimum Gasteiger partial charge on any atom is -0.449 e. The quantitative estimate of drug-likeness (QED) is 0.540. The summed E-state index contributed by atoms with van der Waals surface area (Å²) in [5.41, 5.74) is 0.270. The fourth-order valence-corrected chi connectivity index (χ4v) is 1.68. The summed E-state index contributed by atoms with van der Waals surface area (Å²) in [5, 5.41) is 2.78. The Hall–Kier alpha value is -0.730. The molecule has 2 aliphatic rings. The molecule has 2 atom stereocenters. The number of carbonyl (C=O) groups excluding carboxylic acids is 1. The summed E-state index contributed by atoms with van der Waals surface area (Å²) in [6.07, 6.45) is -0.258. The molecule has 0 aromatic heterocycles. The molecule has 0 bridgehead atoms. The fourth-order valence-electron chi connectivity index (χ4n) is 1.68. The van der Waals surface area contributed by atoms with Gasteiger partial charge in [-0.2, -0.15) is 0 Å². The van der Waals surface area contributed by atoms with Gasteiger partial charge < -0.3 is 10.1 Å². The van der Waals surface area contributed by atoms with Crippen molar-refractivity contribution >= 4 is 6.09 Å². The number of cyclic esters (lactones) is 1. The van der Waals surface area contributed by atoms with Gasteiger partial charge in [0.25, 0.3) is 0 Å². The van der Waals surface area contributed by atoms with Crippen molar-refractivity contribution in [1.29, 1.82) is 0 Å². The molecule has 0 spiro atoms. The van der Waals surface area contributed by atoms with Gasteiger partial charge >= 0.3 is 6.09 Å². The van der Waals surface area contributed by atoms with Gasteiger partial charge in [-0.1, -0.05) is 13.8 Å². The van der Waals surface area contributed by atoms with E-state index in [1.54, 1.807) is 0 Å². The van der Waals surface area contributed by atoms with Crippen molar-refractivity contribution in [2.75, 3.05) is 6.61 Å². The highest BCUT2D eigenvalue weighted by molar-refractivity contribution is 5.69. The van der Waals surface area contributed by atoms with Crippen molar-refractivity contribution in [3.63, 3.8) is 0 Å². The second-order valence-electron chi connectivity index (χ2n) is 3.65. The van der Waals surface area contributed by atoms with E-state index < -0.39 is 0 Å². The number of hydrogen-bond acceptors (Lipinski definition) is 2. The van der Waals surface area contributed by atoms with Crippen molar-refractivity contribution in [3.8, 4) is 0 Å². The van der Waals surface area contributed by atoms with Crippen molar-refractivity contribution in [1.82, 2.24) is 5.32 Å². The molecule has 56 valence electrons. The molecule has 0 aromatic carbocycles. The Kier molecular flexibility index (Phi) is 0.881. The average molecular weight is 141 g/mol. The lowest BCUT2D eigenvalue weighted by Crippen LogP contribution is -2.33. The second kappa shape index (κ2) is 1.47. The summed E-state index contributed by atoms with van der Waals surface area (Å²) in [5.74, 6) is 0.546. The van der Waals surface area contributed by atoms with E-state index in [-0.39, 0.29) is 11.5 Å². The molecule has 1 saturated heterocycles. The van der Waals surface area contributed by atoms with E-state index in [1.807, 2.05) is 0 Å². The lowest BCUT2D eigenvalue weighted by atomic mass is 10.1. The Morgan fingerprint density at radius 2 is 2.40 bits per heavy atom. The van der Waals surface area contributed by atoms with Crippen LogP contribution in [0.2, 0.25) is 0 Å². The topological polar surface area (TPSA) is 38.3 Å². The van der Waals surface area contributed by atoms with E-state index in [4.69, 9.17) is 4.74 Å². The second-order valence-corrected chi connectivity index (χ2v) is 3.65. The van der Waals surface area contributed by atoms with Gasteiger partial charge in [-0.25, -0.2) is 4.79 Å². The summed E-state index contributed by atoms with van der Waals surface area (Å²) < 4.78 is 4.82. The number of nitrogens with one attached hydrogen (secondary N) is 1. The van der Waals surface area contributed by atoms with Crippen LogP contribution in [0, 0.1) is 11.3 Å². The van der Waals surface area contributed by atoms with Crippen LogP contribution < -0.4 is 5.32 Å². The van der Waals surface area contributed by atoms with Gasteiger partial charge in [0, 0.05) is 12.0 Å². The maximum atomic E-state index is 10.7. The van der Waals surface area contributed by atoms with E-state index >= 15 is 0 Å². The minimum absolute atomic E-state index is 0.258. The Bertz CT molecular complexity index is 188. The predicted molar refractivity (Wildman–Crippen MR) is 35.5 cm³/mol. The highest BCUT2D eigenvalue weighted by atomic mass is 16.6. The number of amides is 1.